The van der Waals surface area contributed by atoms with Gasteiger partial charge in [-0.3, -0.25) is 4.99 Å². The Morgan fingerprint density at radius 2 is 1.96 bits per heavy atom. The van der Waals surface area contributed by atoms with Crippen LogP contribution in [0.3, 0.4) is 0 Å². The highest BCUT2D eigenvalue weighted by Crippen LogP contribution is 2.21. The molecule has 0 aliphatic rings. The van der Waals surface area contributed by atoms with Gasteiger partial charge in [0, 0.05) is 49.9 Å². The zero-order valence-electron chi connectivity index (χ0n) is 16.6. The lowest BCUT2D eigenvalue weighted by atomic mass is 10.1. The number of benzene rings is 1. The number of para-hydroxylation sites is 1. The molecule has 0 bridgehead atoms. The molecule has 0 fully saturated rings. The third-order valence-electron chi connectivity index (χ3n) is 4.19. The van der Waals surface area contributed by atoms with E-state index < -0.39 is 0 Å². The summed E-state index contributed by atoms with van der Waals surface area (Å²) in [5.41, 5.74) is 3.81. The topological polar surface area (TPSA) is 70.7 Å². The maximum atomic E-state index is 5.46. The van der Waals surface area contributed by atoms with Gasteiger partial charge < -0.3 is 25.1 Å². The summed E-state index contributed by atoms with van der Waals surface area (Å²) >= 11 is 0. The molecule has 1 aromatic carbocycles. The first-order chi connectivity index (χ1) is 12.8. The first-order valence-corrected chi connectivity index (χ1v) is 9.41. The molecule has 3 N–H and O–H groups in total. The Labute approximate surface area is 179 Å². The van der Waals surface area contributed by atoms with Gasteiger partial charge in [0.05, 0.1) is 13.2 Å². The SMILES string of the molecule is CCNC(=NCCCOCCOC)NCCc1c(C)[nH]c2ccccc12.I. The van der Waals surface area contributed by atoms with E-state index >= 15 is 0 Å². The van der Waals surface area contributed by atoms with E-state index in [9.17, 15) is 0 Å². The third-order valence-corrected chi connectivity index (χ3v) is 4.19. The molecule has 1 aromatic heterocycles. The van der Waals surface area contributed by atoms with Crippen molar-refractivity contribution in [2.75, 3.05) is 46.6 Å². The summed E-state index contributed by atoms with van der Waals surface area (Å²) < 4.78 is 10.4. The highest BCUT2D eigenvalue weighted by atomic mass is 127. The average molecular weight is 488 g/mol. The molecule has 0 aliphatic carbocycles. The number of methoxy groups -OCH3 is 1. The number of ether oxygens (including phenoxy) is 2. The molecule has 0 amide bonds. The predicted octanol–water partition coefficient (Wildman–Crippen LogP) is 3.25. The van der Waals surface area contributed by atoms with Crippen LogP contribution in [0.5, 0.6) is 0 Å². The standard InChI is InChI=1S/C20H32N4O2.HI/c1-4-21-20(22-11-7-13-26-15-14-25-3)23-12-10-17-16(2)24-19-9-6-5-8-18(17)19;/h5-6,8-9,24H,4,7,10-15H2,1-3H3,(H2,21,22,23);1H. The van der Waals surface area contributed by atoms with Crippen LogP contribution in [0.25, 0.3) is 10.9 Å². The summed E-state index contributed by atoms with van der Waals surface area (Å²) in [6, 6.07) is 8.46. The number of nitrogens with one attached hydrogen (secondary N) is 3. The van der Waals surface area contributed by atoms with Gasteiger partial charge in [0.25, 0.3) is 0 Å². The number of aromatic nitrogens is 1. The lowest BCUT2D eigenvalue weighted by molar-refractivity contribution is 0.0702. The minimum absolute atomic E-state index is 0. The van der Waals surface area contributed by atoms with Crippen molar-refractivity contribution in [1.29, 1.82) is 0 Å². The minimum atomic E-state index is 0. The maximum Gasteiger partial charge on any atom is 0.191 e. The Balaban J connectivity index is 0.00000364. The van der Waals surface area contributed by atoms with Crippen molar-refractivity contribution in [2.24, 2.45) is 4.99 Å². The quantitative estimate of drug-likeness (QED) is 0.197. The molecule has 2 aromatic rings. The first-order valence-electron chi connectivity index (χ1n) is 9.41. The molecule has 0 saturated carbocycles. The number of hydrogen-bond donors (Lipinski definition) is 3. The van der Waals surface area contributed by atoms with E-state index in [2.05, 4.69) is 58.7 Å². The molecule has 2 rings (SSSR count). The lowest BCUT2D eigenvalue weighted by Gasteiger charge is -2.11. The Hall–Kier alpha value is -1.32. The van der Waals surface area contributed by atoms with Crippen LogP contribution in [0.15, 0.2) is 29.3 Å². The molecule has 0 saturated heterocycles. The van der Waals surface area contributed by atoms with Crippen LogP contribution >= 0.6 is 24.0 Å². The summed E-state index contributed by atoms with van der Waals surface area (Å²) in [6.07, 6.45) is 1.86. The molecular formula is C20H33IN4O2. The van der Waals surface area contributed by atoms with E-state index in [0.29, 0.717) is 19.8 Å². The predicted molar refractivity (Wildman–Crippen MR) is 123 cm³/mol. The van der Waals surface area contributed by atoms with Gasteiger partial charge in [-0.1, -0.05) is 18.2 Å². The fourth-order valence-corrected chi connectivity index (χ4v) is 2.91. The molecule has 0 atom stereocenters. The van der Waals surface area contributed by atoms with Crippen LogP contribution in [0.2, 0.25) is 0 Å². The van der Waals surface area contributed by atoms with Crippen LogP contribution in [0.1, 0.15) is 24.6 Å². The summed E-state index contributed by atoms with van der Waals surface area (Å²) in [5, 5.41) is 8.03. The number of nitrogens with zero attached hydrogens (tertiary/aromatic N) is 1. The summed E-state index contributed by atoms with van der Waals surface area (Å²) in [5.74, 6) is 0.863. The van der Waals surface area contributed by atoms with E-state index in [0.717, 1.165) is 38.4 Å². The molecule has 0 spiro atoms. The van der Waals surface area contributed by atoms with Crippen molar-refractivity contribution < 1.29 is 9.47 Å². The monoisotopic (exact) mass is 488 g/mol. The third kappa shape index (κ3) is 8.06. The molecule has 6 nitrogen and oxygen atoms in total. The first kappa shape index (κ1) is 23.7. The number of rotatable bonds is 11. The molecule has 27 heavy (non-hydrogen) atoms. The van der Waals surface area contributed by atoms with Crippen molar-refractivity contribution in [3.63, 3.8) is 0 Å². The van der Waals surface area contributed by atoms with Crippen molar-refractivity contribution >= 4 is 40.8 Å². The Morgan fingerprint density at radius 3 is 2.74 bits per heavy atom. The molecule has 0 aliphatic heterocycles. The number of guanidine groups is 1. The maximum absolute atomic E-state index is 5.46. The second-order valence-corrected chi connectivity index (χ2v) is 6.17. The Kier molecular flexibility index (Phi) is 12.1. The lowest BCUT2D eigenvalue weighted by Crippen LogP contribution is -2.38. The Morgan fingerprint density at radius 1 is 1.15 bits per heavy atom. The van der Waals surface area contributed by atoms with Gasteiger partial charge >= 0.3 is 0 Å². The van der Waals surface area contributed by atoms with Gasteiger partial charge in [-0.2, -0.15) is 0 Å². The van der Waals surface area contributed by atoms with Crippen LogP contribution in [0.4, 0.5) is 0 Å². The van der Waals surface area contributed by atoms with Gasteiger partial charge in [-0.05, 0) is 38.3 Å². The number of H-pyrrole nitrogens is 1. The number of aromatic amines is 1. The fourth-order valence-electron chi connectivity index (χ4n) is 2.91. The molecule has 0 radical (unpaired) electrons. The second kappa shape index (κ2) is 13.8. The number of aryl methyl sites for hydroxylation is 1. The van der Waals surface area contributed by atoms with E-state index in [1.165, 1.54) is 22.2 Å². The Bertz CT molecular complexity index is 688. The normalized spacial score (nSPS) is 11.4. The smallest absolute Gasteiger partial charge is 0.191 e. The number of aliphatic imine (C=N–C) groups is 1. The van der Waals surface area contributed by atoms with Crippen molar-refractivity contribution in [3.05, 3.63) is 35.5 Å². The van der Waals surface area contributed by atoms with Crippen LogP contribution in [0, 0.1) is 6.92 Å². The van der Waals surface area contributed by atoms with Gasteiger partial charge in [0.15, 0.2) is 5.96 Å². The molecule has 1 heterocycles. The average Bonchev–Trinajstić information content (AvgIpc) is 2.96. The van der Waals surface area contributed by atoms with Crippen LogP contribution in [-0.2, 0) is 15.9 Å². The highest BCUT2D eigenvalue weighted by Gasteiger charge is 2.07. The van der Waals surface area contributed by atoms with E-state index in [-0.39, 0.29) is 24.0 Å². The summed E-state index contributed by atoms with van der Waals surface area (Å²) in [6.45, 7) is 8.65. The van der Waals surface area contributed by atoms with Crippen molar-refractivity contribution in [3.8, 4) is 0 Å². The van der Waals surface area contributed by atoms with E-state index in [1.54, 1.807) is 7.11 Å². The van der Waals surface area contributed by atoms with Gasteiger partial charge in [0.2, 0.25) is 0 Å². The van der Waals surface area contributed by atoms with Crippen molar-refractivity contribution in [2.45, 2.75) is 26.7 Å². The van der Waals surface area contributed by atoms with Gasteiger partial charge in [0.1, 0.15) is 0 Å². The van der Waals surface area contributed by atoms with Crippen molar-refractivity contribution in [1.82, 2.24) is 15.6 Å². The van der Waals surface area contributed by atoms with Crippen LogP contribution in [-0.4, -0.2) is 57.5 Å². The summed E-state index contributed by atoms with van der Waals surface area (Å²) in [4.78, 5) is 8.07. The van der Waals surface area contributed by atoms with E-state index in [1.807, 2.05) is 0 Å². The zero-order chi connectivity index (χ0) is 18.6. The van der Waals surface area contributed by atoms with E-state index in [4.69, 9.17) is 9.47 Å². The number of hydrogen-bond acceptors (Lipinski definition) is 3. The van der Waals surface area contributed by atoms with Crippen LogP contribution < -0.4 is 10.6 Å². The van der Waals surface area contributed by atoms with Gasteiger partial charge in [-0.15, -0.1) is 24.0 Å². The minimum Gasteiger partial charge on any atom is -0.382 e. The second-order valence-electron chi connectivity index (χ2n) is 6.17. The number of halogens is 1. The highest BCUT2D eigenvalue weighted by molar-refractivity contribution is 14.0. The summed E-state index contributed by atoms with van der Waals surface area (Å²) in [7, 11) is 1.68. The van der Waals surface area contributed by atoms with Gasteiger partial charge in [-0.25, -0.2) is 0 Å². The number of fused-ring (bicyclic) bond motifs is 1. The molecular weight excluding hydrogens is 455 g/mol. The zero-order valence-corrected chi connectivity index (χ0v) is 19.0. The largest absolute Gasteiger partial charge is 0.382 e. The molecule has 0 unspecified atom stereocenters. The molecule has 152 valence electrons. The fraction of sp³-hybridized carbons (Fsp3) is 0.550. The molecule has 7 heteroatoms.